The molecule has 0 bridgehead atoms. The van der Waals surface area contributed by atoms with E-state index in [0.717, 1.165) is 12.8 Å². The van der Waals surface area contributed by atoms with Gasteiger partial charge in [-0.15, -0.1) is 0 Å². The minimum absolute atomic E-state index is 0.0984. The monoisotopic (exact) mass is 271 g/mol. The minimum atomic E-state index is -0.338. The fourth-order valence-electron chi connectivity index (χ4n) is 1.34. The quantitative estimate of drug-likeness (QED) is 0.899. The highest BCUT2D eigenvalue weighted by Crippen LogP contribution is 2.19. The third-order valence-electron chi connectivity index (χ3n) is 2.31. The van der Waals surface area contributed by atoms with Crippen molar-refractivity contribution in [3.8, 4) is 0 Å². The Labute approximate surface area is 96.0 Å². The van der Waals surface area contributed by atoms with E-state index in [9.17, 15) is 9.18 Å². The largest absolute Gasteiger partial charge is 0.353 e. The molecule has 1 N–H and O–H groups in total. The number of amides is 1. The fraction of sp³-hybridized carbons (Fsp3) is 0.364. The van der Waals surface area contributed by atoms with Crippen LogP contribution in [0.15, 0.2) is 22.7 Å². The van der Waals surface area contributed by atoms with Gasteiger partial charge in [-0.25, -0.2) is 4.39 Å². The molecule has 1 aromatic rings. The van der Waals surface area contributed by atoms with E-state index in [2.05, 4.69) is 21.2 Å². The number of rotatable bonds is 3. The van der Waals surface area contributed by atoms with E-state index in [0.29, 0.717) is 16.1 Å². The molecule has 0 saturated heterocycles. The first-order valence-electron chi connectivity index (χ1n) is 4.88. The lowest BCUT2D eigenvalue weighted by molar-refractivity contribution is -0.120. The van der Waals surface area contributed by atoms with Crippen LogP contribution in [0.5, 0.6) is 0 Å². The van der Waals surface area contributed by atoms with Crippen molar-refractivity contribution in [1.82, 2.24) is 5.32 Å². The summed E-state index contributed by atoms with van der Waals surface area (Å²) in [6.45, 7) is 0. The van der Waals surface area contributed by atoms with Gasteiger partial charge in [-0.3, -0.25) is 4.79 Å². The van der Waals surface area contributed by atoms with E-state index < -0.39 is 0 Å². The average Bonchev–Trinajstić information content (AvgIpc) is 2.94. The van der Waals surface area contributed by atoms with Gasteiger partial charge in [0, 0.05) is 10.5 Å². The van der Waals surface area contributed by atoms with Crippen molar-refractivity contribution < 1.29 is 9.18 Å². The van der Waals surface area contributed by atoms with E-state index >= 15 is 0 Å². The van der Waals surface area contributed by atoms with E-state index in [1.807, 2.05) is 0 Å². The Kier molecular flexibility index (Phi) is 3.05. The van der Waals surface area contributed by atoms with Gasteiger partial charge in [-0.2, -0.15) is 0 Å². The van der Waals surface area contributed by atoms with Gasteiger partial charge in [0.25, 0.3) is 0 Å². The Morgan fingerprint density at radius 3 is 2.87 bits per heavy atom. The summed E-state index contributed by atoms with van der Waals surface area (Å²) >= 11 is 3.17. The second kappa shape index (κ2) is 4.31. The first kappa shape index (κ1) is 10.6. The van der Waals surface area contributed by atoms with Crippen LogP contribution in [0.25, 0.3) is 0 Å². The number of nitrogens with one attached hydrogen (secondary N) is 1. The third-order valence-corrected chi connectivity index (χ3v) is 2.80. The molecular weight excluding hydrogens is 261 g/mol. The molecule has 80 valence electrons. The van der Waals surface area contributed by atoms with Gasteiger partial charge in [-0.1, -0.05) is 22.0 Å². The van der Waals surface area contributed by atoms with Crippen LogP contribution in [0.4, 0.5) is 4.39 Å². The summed E-state index contributed by atoms with van der Waals surface area (Å²) in [6.07, 6.45) is 2.22. The molecule has 1 aromatic carbocycles. The van der Waals surface area contributed by atoms with Gasteiger partial charge in [0.2, 0.25) is 5.91 Å². The lowest BCUT2D eigenvalue weighted by Gasteiger charge is -2.04. The zero-order valence-corrected chi connectivity index (χ0v) is 9.68. The molecule has 0 aliphatic heterocycles. The number of halogens is 2. The maximum absolute atomic E-state index is 13.4. The highest BCUT2D eigenvalue weighted by atomic mass is 79.9. The molecule has 1 fully saturated rings. The Morgan fingerprint density at radius 2 is 2.27 bits per heavy atom. The summed E-state index contributed by atoms with van der Waals surface area (Å²) in [7, 11) is 0. The van der Waals surface area contributed by atoms with E-state index in [-0.39, 0.29) is 18.1 Å². The number of hydrogen-bond donors (Lipinski definition) is 1. The van der Waals surface area contributed by atoms with Crippen LogP contribution in [-0.4, -0.2) is 11.9 Å². The number of benzene rings is 1. The number of carbonyl (C=O) groups is 1. The molecule has 1 aliphatic rings. The maximum Gasteiger partial charge on any atom is 0.224 e. The highest BCUT2D eigenvalue weighted by molar-refractivity contribution is 9.10. The molecule has 1 saturated carbocycles. The summed E-state index contributed by atoms with van der Waals surface area (Å²) < 4.78 is 14.0. The molecule has 0 heterocycles. The first-order valence-corrected chi connectivity index (χ1v) is 5.68. The molecule has 0 unspecified atom stereocenters. The SMILES string of the molecule is O=C(Cc1ccc(Br)cc1F)NC1CC1. The normalized spacial score (nSPS) is 15.1. The van der Waals surface area contributed by atoms with Gasteiger partial charge in [0.15, 0.2) is 0 Å². The van der Waals surface area contributed by atoms with Crippen molar-refractivity contribution in [2.45, 2.75) is 25.3 Å². The Morgan fingerprint density at radius 1 is 1.53 bits per heavy atom. The van der Waals surface area contributed by atoms with Crippen molar-refractivity contribution in [3.05, 3.63) is 34.1 Å². The summed E-state index contributed by atoms with van der Waals surface area (Å²) in [6, 6.07) is 5.07. The molecule has 2 rings (SSSR count). The van der Waals surface area contributed by atoms with Crippen molar-refractivity contribution in [3.63, 3.8) is 0 Å². The first-order chi connectivity index (χ1) is 7.15. The standard InChI is InChI=1S/C11H11BrFNO/c12-8-2-1-7(10(13)6-8)5-11(15)14-9-3-4-9/h1-2,6,9H,3-5H2,(H,14,15). The molecule has 15 heavy (non-hydrogen) atoms. The molecule has 0 aromatic heterocycles. The molecule has 2 nitrogen and oxygen atoms in total. The fourth-order valence-corrected chi connectivity index (χ4v) is 1.68. The number of carbonyl (C=O) groups excluding carboxylic acids is 1. The lowest BCUT2D eigenvalue weighted by Crippen LogP contribution is -2.27. The zero-order chi connectivity index (χ0) is 10.8. The topological polar surface area (TPSA) is 29.1 Å². The second-order valence-electron chi connectivity index (χ2n) is 3.75. The van der Waals surface area contributed by atoms with Crippen molar-refractivity contribution in [2.24, 2.45) is 0 Å². The van der Waals surface area contributed by atoms with Crippen LogP contribution in [0.2, 0.25) is 0 Å². The third kappa shape index (κ3) is 3.02. The second-order valence-corrected chi connectivity index (χ2v) is 4.67. The van der Waals surface area contributed by atoms with Crippen molar-refractivity contribution in [2.75, 3.05) is 0 Å². The van der Waals surface area contributed by atoms with Crippen LogP contribution in [-0.2, 0) is 11.2 Å². The lowest BCUT2D eigenvalue weighted by atomic mass is 10.1. The molecule has 0 spiro atoms. The van der Waals surface area contributed by atoms with Crippen LogP contribution in [0.1, 0.15) is 18.4 Å². The molecule has 0 atom stereocenters. The average molecular weight is 272 g/mol. The van der Waals surface area contributed by atoms with E-state index in [1.54, 1.807) is 12.1 Å². The number of hydrogen-bond acceptors (Lipinski definition) is 1. The van der Waals surface area contributed by atoms with Gasteiger partial charge in [-0.05, 0) is 30.5 Å². The molecule has 0 radical (unpaired) electrons. The van der Waals surface area contributed by atoms with Gasteiger partial charge >= 0.3 is 0 Å². The van der Waals surface area contributed by atoms with Gasteiger partial charge in [0.1, 0.15) is 5.82 Å². The Balaban J connectivity index is 1.99. The van der Waals surface area contributed by atoms with Crippen LogP contribution >= 0.6 is 15.9 Å². The molecule has 1 amide bonds. The van der Waals surface area contributed by atoms with Crippen molar-refractivity contribution >= 4 is 21.8 Å². The predicted molar refractivity (Wildman–Crippen MR) is 59.0 cm³/mol. The minimum Gasteiger partial charge on any atom is -0.353 e. The predicted octanol–water partition coefficient (Wildman–Crippen LogP) is 2.41. The summed E-state index contributed by atoms with van der Waals surface area (Å²) in [5.41, 5.74) is 0.441. The van der Waals surface area contributed by atoms with E-state index in [4.69, 9.17) is 0 Å². The van der Waals surface area contributed by atoms with Crippen LogP contribution < -0.4 is 5.32 Å². The molecule has 1 aliphatic carbocycles. The zero-order valence-electron chi connectivity index (χ0n) is 8.09. The maximum atomic E-state index is 13.4. The van der Waals surface area contributed by atoms with Crippen LogP contribution in [0, 0.1) is 5.82 Å². The highest BCUT2D eigenvalue weighted by Gasteiger charge is 2.23. The Bertz CT molecular complexity index is 390. The molecule has 4 heteroatoms. The smallest absolute Gasteiger partial charge is 0.224 e. The van der Waals surface area contributed by atoms with Gasteiger partial charge in [0.05, 0.1) is 6.42 Å². The van der Waals surface area contributed by atoms with E-state index in [1.165, 1.54) is 6.07 Å². The Hall–Kier alpha value is -0.900. The molecular formula is C11H11BrFNO. The van der Waals surface area contributed by atoms with Crippen LogP contribution in [0.3, 0.4) is 0 Å². The summed E-state index contributed by atoms with van der Waals surface area (Å²) in [4.78, 5) is 11.4. The van der Waals surface area contributed by atoms with Gasteiger partial charge < -0.3 is 5.32 Å². The summed E-state index contributed by atoms with van der Waals surface area (Å²) in [5, 5.41) is 2.83. The summed E-state index contributed by atoms with van der Waals surface area (Å²) in [5.74, 6) is -0.436. The van der Waals surface area contributed by atoms with Crippen molar-refractivity contribution in [1.29, 1.82) is 0 Å².